The lowest BCUT2D eigenvalue weighted by molar-refractivity contribution is 0.216. The lowest BCUT2D eigenvalue weighted by Crippen LogP contribution is -1.97. The van der Waals surface area contributed by atoms with Crippen LogP contribution in [0.25, 0.3) is 0 Å². The summed E-state index contributed by atoms with van der Waals surface area (Å²) in [6, 6.07) is 10.2. The number of hydrogen-bond donors (Lipinski definition) is 0. The van der Waals surface area contributed by atoms with Gasteiger partial charge < -0.3 is 4.74 Å². The van der Waals surface area contributed by atoms with Gasteiger partial charge in [0.05, 0.1) is 12.5 Å². The molecule has 5 heteroatoms. The lowest BCUT2D eigenvalue weighted by atomic mass is 10.1. The number of benzene rings is 1. The molecule has 0 amide bonds. The Hall–Kier alpha value is -0.120. The van der Waals surface area contributed by atoms with Crippen LogP contribution in [0.15, 0.2) is 59.0 Å². The van der Waals surface area contributed by atoms with E-state index >= 15 is 0 Å². The Morgan fingerprint density at radius 1 is 1.18 bits per heavy atom. The van der Waals surface area contributed by atoms with E-state index in [1.54, 1.807) is 11.8 Å². The van der Waals surface area contributed by atoms with E-state index in [1.807, 2.05) is 30.4 Å². The van der Waals surface area contributed by atoms with Crippen molar-refractivity contribution >= 4 is 46.6 Å². The molecule has 0 N–H and O–H groups in total. The predicted octanol–water partition coefficient (Wildman–Crippen LogP) is 6.80. The monoisotopic (exact) mass is 378 g/mol. The number of rotatable bonds is 9. The van der Waals surface area contributed by atoms with Crippen LogP contribution >= 0.6 is 46.6 Å². The zero-order valence-electron chi connectivity index (χ0n) is 12.6. The molecule has 0 aliphatic heterocycles. The molecule has 0 aliphatic carbocycles. The summed E-state index contributed by atoms with van der Waals surface area (Å²) >= 11 is 18.7. The van der Waals surface area contributed by atoms with Crippen molar-refractivity contribution in [1.29, 1.82) is 0 Å². The van der Waals surface area contributed by atoms with Crippen LogP contribution in [0.1, 0.15) is 26.2 Å². The van der Waals surface area contributed by atoms with Gasteiger partial charge in [0.15, 0.2) is 3.79 Å². The predicted molar refractivity (Wildman–Crippen MR) is 100 cm³/mol. The van der Waals surface area contributed by atoms with Crippen LogP contribution in [-0.2, 0) is 4.74 Å². The molecular weight excluding hydrogens is 359 g/mol. The van der Waals surface area contributed by atoms with Crippen molar-refractivity contribution in [3.63, 3.8) is 0 Å². The standard InChI is InChI=1S/C17H21Cl3OS/c1-15(8-4-3-7-12-17(18,19)20)11-13-21-14-22-16-9-5-2-6-10-16/h2-3,5-7,9-11H,4,8,12-14H2,1H3/b7-3+,15-11+. The number of thioether (sulfide) groups is 1. The highest BCUT2D eigenvalue weighted by molar-refractivity contribution is 7.99. The number of hydrogen-bond acceptors (Lipinski definition) is 2. The summed E-state index contributed by atoms with van der Waals surface area (Å²) in [5, 5.41) is 0. The molecule has 1 aromatic rings. The molecule has 0 heterocycles. The second-order valence-electron chi connectivity index (χ2n) is 4.83. The van der Waals surface area contributed by atoms with Gasteiger partial charge in [-0.15, -0.1) is 0 Å². The minimum Gasteiger partial charge on any atom is -0.366 e. The van der Waals surface area contributed by atoms with Gasteiger partial charge in [0, 0.05) is 11.3 Å². The second kappa shape index (κ2) is 11.4. The molecule has 0 saturated heterocycles. The third kappa shape index (κ3) is 11.4. The Morgan fingerprint density at radius 3 is 2.59 bits per heavy atom. The normalized spacial score (nSPS) is 13.0. The van der Waals surface area contributed by atoms with Crippen molar-refractivity contribution in [2.75, 3.05) is 12.5 Å². The van der Waals surface area contributed by atoms with E-state index in [-0.39, 0.29) is 0 Å². The van der Waals surface area contributed by atoms with Crippen molar-refractivity contribution in [1.82, 2.24) is 0 Å². The molecule has 0 saturated carbocycles. The Bertz CT molecular complexity index is 467. The molecule has 22 heavy (non-hydrogen) atoms. The van der Waals surface area contributed by atoms with E-state index < -0.39 is 3.79 Å². The summed E-state index contributed by atoms with van der Waals surface area (Å²) < 4.78 is 4.41. The Kier molecular flexibility index (Phi) is 10.3. The van der Waals surface area contributed by atoms with E-state index in [0.717, 1.165) is 12.8 Å². The van der Waals surface area contributed by atoms with Gasteiger partial charge in [-0.2, -0.15) is 0 Å². The third-order valence-corrected chi connectivity index (χ3v) is 4.18. The van der Waals surface area contributed by atoms with E-state index in [2.05, 4.69) is 25.1 Å². The van der Waals surface area contributed by atoms with Gasteiger partial charge in [-0.1, -0.05) is 88.6 Å². The molecule has 0 atom stereocenters. The Morgan fingerprint density at radius 2 is 1.91 bits per heavy atom. The van der Waals surface area contributed by atoms with Gasteiger partial charge in [0.1, 0.15) is 0 Å². The van der Waals surface area contributed by atoms with Gasteiger partial charge in [-0.25, -0.2) is 0 Å². The van der Waals surface area contributed by atoms with Crippen LogP contribution in [0, 0.1) is 0 Å². The van der Waals surface area contributed by atoms with E-state index in [4.69, 9.17) is 39.5 Å². The highest BCUT2D eigenvalue weighted by Crippen LogP contribution is 2.30. The first-order valence-electron chi connectivity index (χ1n) is 7.10. The number of ether oxygens (including phenoxy) is 1. The van der Waals surface area contributed by atoms with E-state index in [0.29, 0.717) is 19.0 Å². The second-order valence-corrected chi connectivity index (χ2v) is 8.34. The number of halogens is 3. The van der Waals surface area contributed by atoms with Gasteiger partial charge in [-0.05, 0) is 31.9 Å². The first-order valence-corrected chi connectivity index (χ1v) is 9.22. The average Bonchev–Trinajstić information content (AvgIpc) is 2.46. The van der Waals surface area contributed by atoms with Crippen molar-refractivity contribution in [2.45, 2.75) is 34.9 Å². The fourth-order valence-electron chi connectivity index (χ4n) is 1.62. The van der Waals surface area contributed by atoms with Gasteiger partial charge in [0.25, 0.3) is 0 Å². The fraction of sp³-hybridized carbons (Fsp3) is 0.412. The maximum atomic E-state index is 5.67. The highest BCUT2D eigenvalue weighted by Gasteiger charge is 2.16. The number of allylic oxidation sites excluding steroid dienone is 3. The lowest BCUT2D eigenvalue weighted by Gasteiger charge is -2.05. The van der Waals surface area contributed by atoms with E-state index in [1.165, 1.54) is 10.5 Å². The molecule has 0 aromatic heterocycles. The van der Waals surface area contributed by atoms with Crippen molar-refractivity contribution < 1.29 is 4.74 Å². The molecule has 0 aliphatic rings. The highest BCUT2D eigenvalue weighted by atomic mass is 35.6. The molecule has 0 spiro atoms. The molecule has 1 nitrogen and oxygen atoms in total. The van der Waals surface area contributed by atoms with Crippen LogP contribution in [0.2, 0.25) is 0 Å². The molecule has 0 bridgehead atoms. The van der Waals surface area contributed by atoms with Crippen LogP contribution in [-0.4, -0.2) is 16.3 Å². The van der Waals surface area contributed by atoms with Gasteiger partial charge in [-0.3, -0.25) is 0 Å². The maximum Gasteiger partial charge on any atom is 0.194 e. The molecule has 0 fully saturated rings. The maximum absolute atomic E-state index is 5.67. The Balaban J connectivity index is 2.08. The minimum atomic E-state index is -1.19. The van der Waals surface area contributed by atoms with Crippen LogP contribution < -0.4 is 0 Å². The van der Waals surface area contributed by atoms with Gasteiger partial charge in [0.2, 0.25) is 0 Å². The molecule has 1 rings (SSSR count). The number of alkyl halides is 3. The largest absolute Gasteiger partial charge is 0.366 e. The van der Waals surface area contributed by atoms with Crippen LogP contribution in [0.4, 0.5) is 0 Å². The van der Waals surface area contributed by atoms with Crippen molar-refractivity contribution in [3.8, 4) is 0 Å². The molecule has 122 valence electrons. The summed E-state index contributed by atoms with van der Waals surface area (Å²) in [5.41, 5.74) is 1.31. The third-order valence-electron chi connectivity index (χ3n) is 2.82. The van der Waals surface area contributed by atoms with Gasteiger partial charge >= 0.3 is 0 Å². The summed E-state index contributed by atoms with van der Waals surface area (Å²) in [6.45, 7) is 2.75. The van der Waals surface area contributed by atoms with E-state index in [9.17, 15) is 0 Å². The SMILES string of the molecule is C/C(=C\COCSc1ccccc1)CC/C=C/CC(Cl)(Cl)Cl. The molecule has 1 aromatic carbocycles. The Labute approximate surface area is 152 Å². The smallest absolute Gasteiger partial charge is 0.194 e. The first-order chi connectivity index (χ1) is 10.5. The van der Waals surface area contributed by atoms with Crippen LogP contribution in [0.5, 0.6) is 0 Å². The zero-order valence-corrected chi connectivity index (χ0v) is 15.7. The average molecular weight is 380 g/mol. The van der Waals surface area contributed by atoms with Crippen molar-refractivity contribution in [2.24, 2.45) is 0 Å². The fourth-order valence-corrected chi connectivity index (χ4v) is 2.56. The molecule has 0 radical (unpaired) electrons. The summed E-state index contributed by atoms with van der Waals surface area (Å²) in [6.07, 6.45) is 8.46. The summed E-state index contributed by atoms with van der Waals surface area (Å²) in [5.74, 6) is 0.664. The summed E-state index contributed by atoms with van der Waals surface area (Å²) in [4.78, 5) is 1.22. The zero-order chi connectivity index (χ0) is 16.3. The van der Waals surface area contributed by atoms with Crippen LogP contribution in [0.3, 0.4) is 0 Å². The quantitative estimate of drug-likeness (QED) is 0.153. The molecular formula is C17H21Cl3OS. The van der Waals surface area contributed by atoms with Crippen molar-refractivity contribution in [3.05, 3.63) is 54.1 Å². The summed E-state index contributed by atoms with van der Waals surface area (Å²) in [7, 11) is 0. The molecule has 0 unspecified atom stereocenters. The minimum absolute atomic E-state index is 0.445. The first kappa shape index (κ1) is 19.9. The topological polar surface area (TPSA) is 9.23 Å².